The Bertz CT molecular complexity index is 2840. The SMILES string of the molecule is c1ccc(-c2nc(-c3ccccc3)nc(-c3cccc(-c4ccc(-c5cc(-c6cccc7ccccc67)cc(-c6cccc7ccccc67)c5)cc4)c3)n2)cc1. The van der Waals surface area contributed by atoms with Crippen LogP contribution in [0.5, 0.6) is 0 Å². The largest absolute Gasteiger partial charge is 0.208 e. The fourth-order valence-corrected chi connectivity index (χ4v) is 7.69. The smallest absolute Gasteiger partial charge is 0.164 e. The first-order valence-corrected chi connectivity index (χ1v) is 18.9. The molecule has 0 amide bonds. The van der Waals surface area contributed by atoms with Gasteiger partial charge < -0.3 is 0 Å². The van der Waals surface area contributed by atoms with Gasteiger partial charge in [-0.3, -0.25) is 0 Å². The Morgan fingerprint density at radius 3 is 1.11 bits per heavy atom. The summed E-state index contributed by atoms with van der Waals surface area (Å²) in [6.45, 7) is 0. The topological polar surface area (TPSA) is 38.7 Å². The van der Waals surface area contributed by atoms with E-state index in [4.69, 9.17) is 15.0 Å². The van der Waals surface area contributed by atoms with E-state index in [9.17, 15) is 0 Å². The molecule has 1 aromatic heterocycles. The first-order valence-electron chi connectivity index (χ1n) is 18.9. The van der Waals surface area contributed by atoms with Crippen LogP contribution in [0.4, 0.5) is 0 Å². The molecule has 0 aliphatic heterocycles. The lowest BCUT2D eigenvalue weighted by molar-refractivity contribution is 1.07. The maximum absolute atomic E-state index is 4.97. The molecule has 10 aromatic rings. The van der Waals surface area contributed by atoms with Crippen LogP contribution in [0.1, 0.15) is 0 Å². The van der Waals surface area contributed by atoms with Gasteiger partial charge in [-0.15, -0.1) is 0 Å². The molecule has 0 saturated heterocycles. The van der Waals surface area contributed by atoms with E-state index in [2.05, 4.69) is 152 Å². The quantitative estimate of drug-likeness (QED) is 0.165. The number of hydrogen-bond acceptors (Lipinski definition) is 3. The van der Waals surface area contributed by atoms with Gasteiger partial charge in [-0.2, -0.15) is 0 Å². The molecule has 10 rings (SSSR count). The second kappa shape index (κ2) is 14.4. The zero-order chi connectivity index (χ0) is 37.3. The lowest BCUT2D eigenvalue weighted by Gasteiger charge is -2.15. The number of nitrogens with zero attached hydrogens (tertiary/aromatic N) is 3. The molecule has 0 aliphatic rings. The predicted molar refractivity (Wildman–Crippen MR) is 233 cm³/mol. The minimum Gasteiger partial charge on any atom is -0.208 e. The van der Waals surface area contributed by atoms with Crippen LogP contribution in [0.2, 0.25) is 0 Å². The Morgan fingerprint density at radius 2 is 0.571 bits per heavy atom. The number of hydrogen-bond donors (Lipinski definition) is 0. The molecule has 3 heteroatoms. The molecule has 9 aromatic carbocycles. The minimum absolute atomic E-state index is 0.641. The summed E-state index contributed by atoms with van der Waals surface area (Å²) in [4.78, 5) is 14.8. The summed E-state index contributed by atoms with van der Waals surface area (Å²) in [6.07, 6.45) is 0. The predicted octanol–water partition coefficient (Wildman–Crippen LogP) is 13.8. The summed E-state index contributed by atoms with van der Waals surface area (Å²) in [6, 6.07) is 75.0. The lowest BCUT2D eigenvalue weighted by Crippen LogP contribution is -2.00. The Balaban J connectivity index is 1.05. The summed E-state index contributed by atoms with van der Waals surface area (Å²) in [5.74, 6) is 1.94. The number of aromatic nitrogens is 3. The first-order chi connectivity index (χ1) is 27.7. The Kier molecular flexibility index (Phi) is 8.51. The zero-order valence-corrected chi connectivity index (χ0v) is 30.5. The van der Waals surface area contributed by atoms with Crippen molar-refractivity contribution in [2.75, 3.05) is 0 Å². The second-order valence-corrected chi connectivity index (χ2v) is 14.0. The normalized spacial score (nSPS) is 11.2. The highest BCUT2D eigenvalue weighted by molar-refractivity contribution is 6.01. The van der Waals surface area contributed by atoms with E-state index in [0.717, 1.165) is 33.4 Å². The van der Waals surface area contributed by atoms with Crippen LogP contribution in [0.3, 0.4) is 0 Å². The molecule has 1 heterocycles. The van der Waals surface area contributed by atoms with Gasteiger partial charge in [0.25, 0.3) is 0 Å². The van der Waals surface area contributed by atoms with Gasteiger partial charge in [-0.1, -0.05) is 188 Å². The highest BCUT2D eigenvalue weighted by Crippen LogP contribution is 2.39. The third kappa shape index (κ3) is 6.42. The van der Waals surface area contributed by atoms with E-state index in [0.29, 0.717) is 17.5 Å². The van der Waals surface area contributed by atoms with Crippen LogP contribution >= 0.6 is 0 Å². The average molecular weight is 714 g/mol. The number of fused-ring (bicyclic) bond motifs is 2. The lowest BCUT2D eigenvalue weighted by atomic mass is 9.89. The van der Waals surface area contributed by atoms with Gasteiger partial charge >= 0.3 is 0 Å². The van der Waals surface area contributed by atoms with Crippen molar-refractivity contribution < 1.29 is 0 Å². The molecule has 0 radical (unpaired) electrons. The molecule has 0 N–H and O–H groups in total. The summed E-state index contributed by atoms with van der Waals surface area (Å²) in [5, 5.41) is 4.96. The standard InChI is InChI=1S/C53H35N3/c1-3-16-40(17-4-1)51-54-52(41-18-5-2-6-19-41)56-53(55-51)43-23-11-22-42(32-43)36-28-30-37(31-29-36)44-33-45(49-26-12-20-38-14-7-9-24-47(38)49)35-46(34-44)50-27-13-21-39-15-8-10-25-48(39)50/h1-35H. The molecule has 3 nitrogen and oxygen atoms in total. The van der Waals surface area contributed by atoms with Gasteiger partial charge in [0.05, 0.1) is 0 Å². The molecular formula is C53H35N3. The van der Waals surface area contributed by atoms with Gasteiger partial charge in [0, 0.05) is 16.7 Å². The fraction of sp³-hybridized carbons (Fsp3) is 0. The molecule has 0 saturated carbocycles. The van der Waals surface area contributed by atoms with Crippen LogP contribution in [-0.4, -0.2) is 15.0 Å². The maximum atomic E-state index is 4.97. The Hall–Kier alpha value is -7.49. The fourth-order valence-electron chi connectivity index (χ4n) is 7.69. The molecule has 0 fully saturated rings. The Morgan fingerprint density at radius 1 is 0.214 bits per heavy atom. The molecule has 0 spiro atoms. The number of benzene rings is 9. The third-order valence-corrected chi connectivity index (χ3v) is 10.5. The minimum atomic E-state index is 0.641. The van der Waals surface area contributed by atoms with Gasteiger partial charge in [0.15, 0.2) is 17.5 Å². The van der Waals surface area contributed by atoms with Gasteiger partial charge in [-0.25, -0.2) is 15.0 Å². The van der Waals surface area contributed by atoms with Crippen molar-refractivity contribution in [1.82, 2.24) is 15.0 Å². The molecule has 0 aliphatic carbocycles. The third-order valence-electron chi connectivity index (χ3n) is 10.5. The maximum Gasteiger partial charge on any atom is 0.164 e. The molecule has 0 bridgehead atoms. The van der Waals surface area contributed by atoms with E-state index in [1.807, 2.05) is 60.7 Å². The van der Waals surface area contributed by atoms with E-state index in [1.165, 1.54) is 49.4 Å². The number of rotatable bonds is 7. The van der Waals surface area contributed by atoms with E-state index < -0.39 is 0 Å². The van der Waals surface area contributed by atoms with Gasteiger partial charge in [0.2, 0.25) is 0 Å². The van der Waals surface area contributed by atoms with Crippen LogP contribution in [0.15, 0.2) is 212 Å². The van der Waals surface area contributed by atoms with E-state index >= 15 is 0 Å². The average Bonchev–Trinajstić information content (AvgIpc) is 3.29. The van der Waals surface area contributed by atoms with E-state index in [1.54, 1.807) is 0 Å². The van der Waals surface area contributed by atoms with Crippen molar-refractivity contribution in [3.8, 4) is 78.7 Å². The van der Waals surface area contributed by atoms with Crippen LogP contribution in [-0.2, 0) is 0 Å². The van der Waals surface area contributed by atoms with Crippen molar-refractivity contribution in [3.05, 3.63) is 212 Å². The first kappa shape index (κ1) is 33.1. The van der Waals surface area contributed by atoms with Crippen LogP contribution in [0.25, 0.3) is 100 Å². The molecule has 0 unspecified atom stereocenters. The molecule has 56 heavy (non-hydrogen) atoms. The highest BCUT2D eigenvalue weighted by Gasteiger charge is 2.15. The summed E-state index contributed by atoms with van der Waals surface area (Å²) >= 11 is 0. The van der Waals surface area contributed by atoms with Gasteiger partial charge in [-0.05, 0) is 90.3 Å². The van der Waals surface area contributed by atoms with Crippen molar-refractivity contribution in [2.24, 2.45) is 0 Å². The monoisotopic (exact) mass is 713 g/mol. The van der Waals surface area contributed by atoms with E-state index in [-0.39, 0.29) is 0 Å². The van der Waals surface area contributed by atoms with Crippen molar-refractivity contribution in [2.45, 2.75) is 0 Å². The molecule has 262 valence electrons. The summed E-state index contributed by atoms with van der Waals surface area (Å²) < 4.78 is 0. The zero-order valence-electron chi connectivity index (χ0n) is 30.5. The summed E-state index contributed by atoms with van der Waals surface area (Å²) in [5.41, 5.74) is 12.2. The molecule has 0 atom stereocenters. The highest BCUT2D eigenvalue weighted by atomic mass is 15.0. The van der Waals surface area contributed by atoms with Crippen molar-refractivity contribution in [3.63, 3.8) is 0 Å². The van der Waals surface area contributed by atoms with Crippen molar-refractivity contribution in [1.29, 1.82) is 0 Å². The van der Waals surface area contributed by atoms with Gasteiger partial charge in [0.1, 0.15) is 0 Å². The molecular weight excluding hydrogens is 679 g/mol. The second-order valence-electron chi connectivity index (χ2n) is 14.0. The van der Waals surface area contributed by atoms with Crippen LogP contribution < -0.4 is 0 Å². The summed E-state index contributed by atoms with van der Waals surface area (Å²) in [7, 11) is 0. The van der Waals surface area contributed by atoms with Crippen molar-refractivity contribution >= 4 is 21.5 Å². The Labute approximate surface area is 326 Å². The van der Waals surface area contributed by atoms with Crippen LogP contribution in [0, 0.1) is 0 Å².